The Labute approximate surface area is 109 Å². The van der Waals surface area contributed by atoms with Crippen LogP contribution in [0.15, 0.2) is 18.2 Å². The van der Waals surface area contributed by atoms with Crippen LogP contribution in [0.2, 0.25) is 0 Å². The monoisotopic (exact) mass is 246 g/mol. The number of carbonyl (C=O) groups is 1. The quantitative estimate of drug-likeness (QED) is 0.788. The van der Waals surface area contributed by atoms with Crippen molar-refractivity contribution in [2.45, 2.75) is 45.6 Å². The molecular weight excluding hydrogens is 224 g/mol. The van der Waals surface area contributed by atoms with Gasteiger partial charge < -0.3 is 11.1 Å². The number of hydrogen-bond donors (Lipinski definition) is 2. The predicted octanol–water partition coefficient (Wildman–Crippen LogP) is 2.89. The highest BCUT2D eigenvalue weighted by Crippen LogP contribution is 2.24. The Kier molecular flexibility index (Phi) is 3.90. The average molecular weight is 246 g/mol. The molecule has 0 aliphatic heterocycles. The fraction of sp³-hybridized carbons (Fsp3) is 0.533. The van der Waals surface area contributed by atoms with Crippen LogP contribution in [-0.2, 0) is 0 Å². The van der Waals surface area contributed by atoms with Crippen molar-refractivity contribution in [1.29, 1.82) is 0 Å². The van der Waals surface area contributed by atoms with Crippen LogP contribution >= 0.6 is 0 Å². The largest absolute Gasteiger partial charge is 0.398 e. The number of rotatable bonds is 2. The van der Waals surface area contributed by atoms with Crippen LogP contribution < -0.4 is 11.1 Å². The summed E-state index contributed by atoms with van der Waals surface area (Å²) in [6.45, 7) is 4.16. The first-order valence-corrected chi connectivity index (χ1v) is 6.75. The number of nitrogens with two attached hydrogens (primary N) is 1. The van der Waals surface area contributed by atoms with Gasteiger partial charge in [-0.3, -0.25) is 4.79 Å². The van der Waals surface area contributed by atoms with Crippen LogP contribution in [0, 0.1) is 12.8 Å². The second-order valence-electron chi connectivity index (χ2n) is 5.41. The molecule has 1 aliphatic rings. The van der Waals surface area contributed by atoms with E-state index in [1.165, 1.54) is 19.3 Å². The first kappa shape index (κ1) is 12.9. The summed E-state index contributed by atoms with van der Waals surface area (Å²) in [5.74, 6) is 0.575. The van der Waals surface area contributed by atoms with Crippen LogP contribution in [0.3, 0.4) is 0 Å². The molecule has 2 atom stereocenters. The molecule has 1 amide bonds. The van der Waals surface area contributed by atoms with Crippen LogP contribution in [0.5, 0.6) is 0 Å². The molecule has 0 heterocycles. The summed E-state index contributed by atoms with van der Waals surface area (Å²) in [4.78, 5) is 12.2. The fourth-order valence-electron chi connectivity index (χ4n) is 2.56. The highest BCUT2D eigenvalue weighted by Gasteiger charge is 2.23. The normalized spacial score (nSPS) is 23.7. The minimum absolute atomic E-state index is 0.000417. The molecule has 1 aliphatic carbocycles. The van der Waals surface area contributed by atoms with E-state index in [9.17, 15) is 4.79 Å². The van der Waals surface area contributed by atoms with Crippen LogP contribution in [0.1, 0.15) is 48.5 Å². The zero-order valence-electron chi connectivity index (χ0n) is 11.2. The van der Waals surface area contributed by atoms with Crippen molar-refractivity contribution in [3.63, 3.8) is 0 Å². The van der Waals surface area contributed by atoms with Crippen molar-refractivity contribution >= 4 is 11.6 Å². The van der Waals surface area contributed by atoms with E-state index in [0.29, 0.717) is 23.2 Å². The maximum absolute atomic E-state index is 12.2. The Morgan fingerprint density at radius 3 is 2.72 bits per heavy atom. The lowest BCUT2D eigenvalue weighted by molar-refractivity contribution is 0.0910. The maximum Gasteiger partial charge on any atom is 0.251 e. The summed E-state index contributed by atoms with van der Waals surface area (Å²) in [6.07, 6.45) is 4.80. The van der Waals surface area contributed by atoms with Crippen LogP contribution in [-0.4, -0.2) is 11.9 Å². The number of nitrogen functional groups attached to an aromatic ring is 1. The zero-order valence-corrected chi connectivity index (χ0v) is 11.2. The third-order valence-corrected chi connectivity index (χ3v) is 3.97. The number of carbonyl (C=O) groups excluding carboxylic acids is 1. The van der Waals surface area contributed by atoms with E-state index in [-0.39, 0.29) is 5.91 Å². The molecule has 3 nitrogen and oxygen atoms in total. The summed E-state index contributed by atoms with van der Waals surface area (Å²) in [5, 5.41) is 3.14. The molecule has 18 heavy (non-hydrogen) atoms. The van der Waals surface area contributed by atoms with Crippen molar-refractivity contribution < 1.29 is 4.79 Å². The smallest absolute Gasteiger partial charge is 0.251 e. The highest BCUT2D eigenvalue weighted by atomic mass is 16.1. The second kappa shape index (κ2) is 5.42. The molecule has 1 saturated carbocycles. The van der Waals surface area contributed by atoms with Gasteiger partial charge in [0.05, 0.1) is 0 Å². The molecule has 0 aromatic heterocycles. The first-order valence-electron chi connectivity index (χ1n) is 6.75. The number of nitrogens with one attached hydrogen (secondary N) is 1. The Bertz CT molecular complexity index is 442. The molecule has 0 saturated heterocycles. The molecule has 98 valence electrons. The molecule has 0 spiro atoms. The van der Waals surface area contributed by atoms with Gasteiger partial charge in [-0.25, -0.2) is 0 Å². The van der Waals surface area contributed by atoms with Gasteiger partial charge in [0.25, 0.3) is 5.91 Å². The van der Waals surface area contributed by atoms with Crippen molar-refractivity contribution in [3.8, 4) is 0 Å². The van der Waals surface area contributed by atoms with E-state index in [2.05, 4.69) is 12.2 Å². The summed E-state index contributed by atoms with van der Waals surface area (Å²) < 4.78 is 0. The van der Waals surface area contributed by atoms with Gasteiger partial charge in [-0.15, -0.1) is 0 Å². The Hall–Kier alpha value is -1.51. The maximum atomic E-state index is 12.2. The standard InChI is InChI=1S/C15H22N2O/c1-10-7-8-12(9-13(10)16)15(18)17-14-6-4-3-5-11(14)2/h7-9,11,14H,3-6,16H2,1-2H3,(H,17,18). The summed E-state index contributed by atoms with van der Waals surface area (Å²) in [5.41, 5.74) is 8.19. The number of anilines is 1. The SMILES string of the molecule is Cc1ccc(C(=O)NC2CCCCC2C)cc1N. The van der Waals surface area contributed by atoms with Crippen LogP contribution in [0.4, 0.5) is 5.69 Å². The first-order chi connectivity index (χ1) is 8.58. The lowest BCUT2D eigenvalue weighted by Crippen LogP contribution is -2.41. The van der Waals surface area contributed by atoms with E-state index in [1.807, 2.05) is 19.1 Å². The van der Waals surface area contributed by atoms with Crippen LogP contribution in [0.25, 0.3) is 0 Å². The van der Waals surface area contributed by atoms with Crippen molar-refractivity contribution in [2.24, 2.45) is 5.92 Å². The molecule has 2 rings (SSSR count). The van der Waals surface area contributed by atoms with Gasteiger partial charge in [-0.1, -0.05) is 25.8 Å². The second-order valence-corrected chi connectivity index (χ2v) is 5.41. The third-order valence-electron chi connectivity index (χ3n) is 3.97. The lowest BCUT2D eigenvalue weighted by Gasteiger charge is -2.29. The Morgan fingerprint density at radius 1 is 1.33 bits per heavy atom. The minimum atomic E-state index is 0.000417. The Morgan fingerprint density at radius 2 is 2.06 bits per heavy atom. The van der Waals surface area contributed by atoms with Gasteiger partial charge in [-0.05, 0) is 43.4 Å². The molecule has 3 heteroatoms. The summed E-state index contributed by atoms with van der Waals surface area (Å²) in [6, 6.07) is 5.81. The molecular formula is C15H22N2O. The van der Waals surface area contributed by atoms with E-state index in [0.717, 1.165) is 12.0 Å². The van der Waals surface area contributed by atoms with E-state index in [1.54, 1.807) is 6.07 Å². The van der Waals surface area contributed by atoms with Crippen molar-refractivity contribution in [1.82, 2.24) is 5.32 Å². The fourth-order valence-corrected chi connectivity index (χ4v) is 2.56. The molecule has 1 aromatic carbocycles. The minimum Gasteiger partial charge on any atom is -0.398 e. The number of amides is 1. The molecule has 1 fully saturated rings. The van der Waals surface area contributed by atoms with E-state index in [4.69, 9.17) is 5.73 Å². The van der Waals surface area contributed by atoms with Gasteiger partial charge in [0.1, 0.15) is 0 Å². The zero-order chi connectivity index (χ0) is 13.1. The summed E-state index contributed by atoms with van der Waals surface area (Å²) in [7, 11) is 0. The van der Waals surface area contributed by atoms with Gasteiger partial charge in [-0.2, -0.15) is 0 Å². The summed E-state index contributed by atoms with van der Waals surface area (Å²) >= 11 is 0. The van der Waals surface area contributed by atoms with Gasteiger partial charge in [0.15, 0.2) is 0 Å². The third kappa shape index (κ3) is 2.84. The topological polar surface area (TPSA) is 55.1 Å². The van der Waals surface area contributed by atoms with Gasteiger partial charge in [0, 0.05) is 17.3 Å². The molecule has 3 N–H and O–H groups in total. The van der Waals surface area contributed by atoms with Crippen molar-refractivity contribution in [2.75, 3.05) is 5.73 Å². The van der Waals surface area contributed by atoms with Crippen molar-refractivity contribution in [3.05, 3.63) is 29.3 Å². The molecule has 0 bridgehead atoms. The predicted molar refractivity (Wildman–Crippen MR) is 74.5 cm³/mol. The number of benzene rings is 1. The lowest BCUT2D eigenvalue weighted by atomic mass is 9.86. The highest BCUT2D eigenvalue weighted by molar-refractivity contribution is 5.95. The van der Waals surface area contributed by atoms with Gasteiger partial charge in [0.2, 0.25) is 0 Å². The van der Waals surface area contributed by atoms with E-state index < -0.39 is 0 Å². The number of hydrogen-bond acceptors (Lipinski definition) is 2. The molecule has 0 radical (unpaired) electrons. The van der Waals surface area contributed by atoms with Gasteiger partial charge >= 0.3 is 0 Å². The molecule has 2 unspecified atom stereocenters. The molecule has 1 aromatic rings. The average Bonchev–Trinajstić information content (AvgIpc) is 2.35. The van der Waals surface area contributed by atoms with E-state index >= 15 is 0 Å². The number of aryl methyl sites for hydroxylation is 1. The Balaban J connectivity index is 2.04.